The normalized spacial score (nSPS) is 17.2. The molecule has 1 aliphatic rings. The van der Waals surface area contributed by atoms with E-state index in [0.717, 1.165) is 55.1 Å². The third-order valence-electron chi connectivity index (χ3n) is 5.94. The highest BCUT2D eigenvalue weighted by molar-refractivity contribution is 5.61. The topological polar surface area (TPSA) is 133 Å². The first-order chi connectivity index (χ1) is 16.0. The Hall–Kier alpha value is -3.45. The molecule has 1 fully saturated rings. The van der Waals surface area contributed by atoms with E-state index in [1.54, 1.807) is 10.7 Å². The Bertz CT molecular complexity index is 1150. The molecule has 0 bridgehead atoms. The molecular weight excluding hydrogens is 416 g/mol. The summed E-state index contributed by atoms with van der Waals surface area (Å²) in [5, 5.41) is 20.4. The fraction of sp³-hybridized carbons (Fsp3) is 0.522. The molecular formula is C23H32N10. The number of nitrogen functional groups attached to an aromatic ring is 1. The quantitative estimate of drug-likeness (QED) is 0.474. The smallest absolute Gasteiger partial charge is 0.243 e. The fourth-order valence-corrected chi connectivity index (χ4v) is 4.38. The molecule has 0 radical (unpaired) electrons. The molecule has 1 saturated heterocycles. The van der Waals surface area contributed by atoms with Crippen molar-refractivity contribution in [2.75, 3.05) is 35.6 Å². The zero-order valence-corrected chi connectivity index (χ0v) is 19.5. The highest BCUT2D eigenvalue weighted by Gasteiger charge is 2.21. The van der Waals surface area contributed by atoms with Crippen LogP contribution in [0.25, 0.3) is 5.65 Å². The van der Waals surface area contributed by atoms with Crippen LogP contribution < -0.4 is 21.3 Å². The number of hydrogen-bond acceptors (Lipinski definition) is 9. The van der Waals surface area contributed by atoms with E-state index in [4.69, 9.17) is 16.0 Å². The predicted molar refractivity (Wildman–Crippen MR) is 129 cm³/mol. The summed E-state index contributed by atoms with van der Waals surface area (Å²) >= 11 is 0. The molecule has 1 aliphatic heterocycles. The minimum atomic E-state index is 0.177. The van der Waals surface area contributed by atoms with E-state index in [2.05, 4.69) is 63.5 Å². The number of nitrogens with one attached hydrogen (secondary N) is 2. The summed E-state index contributed by atoms with van der Waals surface area (Å²) in [6.07, 6.45) is 6.95. The Kier molecular flexibility index (Phi) is 6.89. The highest BCUT2D eigenvalue weighted by atomic mass is 15.3. The van der Waals surface area contributed by atoms with Crippen LogP contribution in [0.5, 0.6) is 0 Å². The minimum Gasteiger partial charge on any atom is -0.380 e. The lowest BCUT2D eigenvalue weighted by Gasteiger charge is -2.34. The van der Waals surface area contributed by atoms with Crippen molar-refractivity contribution in [1.29, 1.82) is 5.26 Å². The van der Waals surface area contributed by atoms with Crippen LogP contribution in [0, 0.1) is 18.3 Å². The number of hydrogen-bond donors (Lipinski definition) is 3. The van der Waals surface area contributed by atoms with Crippen LogP contribution in [-0.2, 0) is 6.42 Å². The predicted octanol–water partition coefficient (Wildman–Crippen LogP) is 2.29. The molecule has 2 unspecified atom stereocenters. The van der Waals surface area contributed by atoms with Crippen LogP contribution in [0.1, 0.15) is 49.9 Å². The van der Waals surface area contributed by atoms with E-state index in [1.807, 2.05) is 6.20 Å². The monoisotopic (exact) mass is 448 g/mol. The third-order valence-corrected chi connectivity index (χ3v) is 5.94. The lowest BCUT2D eigenvalue weighted by atomic mass is 10.1. The highest BCUT2D eigenvalue weighted by Crippen LogP contribution is 2.22. The van der Waals surface area contributed by atoms with Crippen LogP contribution in [0.3, 0.4) is 0 Å². The first-order valence-corrected chi connectivity index (χ1v) is 11.6. The number of rotatable bonds is 8. The number of aryl methyl sites for hydroxylation is 1. The molecule has 10 heteroatoms. The second-order valence-corrected chi connectivity index (χ2v) is 8.76. The summed E-state index contributed by atoms with van der Waals surface area (Å²) in [4.78, 5) is 15.8. The number of nitrogens with two attached hydrogens (primary N) is 1. The van der Waals surface area contributed by atoms with Crippen LogP contribution >= 0.6 is 0 Å². The Labute approximate surface area is 194 Å². The van der Waals surface area contributed by atoms with Gasteiger partial charge in [0.15, 0.2) is 11.5 Å². The van der Waals surface area contributed by atoms with E-state index in [9.17, 15) is 0 Å². The van der Waals surface area contributed by atoms with E-state index in [1.165, 1.54) is 0 Å². The molecule has 10 nitrogen and oxygen atoms in total. The summed E-state index contributed by atoms with van der Waals surface area (Å²) in [6, 6.07) is 4.85. The summed E-state index contributed by atoms with van der Waals surface area (Å²) in [6.45, 7) is 8.86. The summed E-state index contributed by atoms with van der Waals surface area (Å²) in [5.41, 5.74) is 9.83. The van der Waals surface area contributed by atoms with Crippen molar-refractivity contribution in [3.63, 3.8) is 0 Å². The molecule has 33 heavy (non-hydrogen) atoms. The van der Waals surface area contributed by atoms with E-state index in [-0.39, 0.29) is 12.1 Å². The number of pyridine rings is 1. The Morgan fingerprint density at radius 2 is 2.21 bits per heavy atom. The average molecular weight is 449 g/mol. The summed E-state index contributed by atoms with van der Waals surface area (Å²) in [7, 11) is 0. The number of imidazole rings is 1. The fourth-order valence-electron chi connectivity index (χ4n) is 4.38. The number of aromatic nitrogens is 5. The van der Waals surface area contributed by atoms with Crippen molar-refractivity contribution >= 4 is 23.2 Å². The molecule has 2 atom stereocenters. The van der Waals surface area contributed by atoms with Gasteiger partial charge in [-0.2, -0.15) is 10.2 Å². The SMILES string of the molecule is CCCC(C)Nc1nc(N)c2ncc(Cc3cnc(N4CCNC(CC#N)C4)c(C)c3)n2n1. The van der Waals surface area contributed by atoms with Crippen LogP contribution in [-0.4, -0.2) is 56.3 Å². The van der Waals surface area contributed by atoms with Gasteiger partial charge < -0.3 is 21.3 Å². The van der Waals surface area contributed by atoms with E-state index >= 15 is 0 Å². The first kappa shape index (κ1) is 22.7. The zero-order valence-electron chi connectivity index (χ0n) is 19.5. The van der Waals surface area contributed by atoms with Crippen molar-refractivity contribution in [1.82, 2.24) is 29.9 Å². The van der Waals surface area contributed by atoms with Gasteiger partial charge in [-0.3, -0.25) is 0 Å². The summed E-state index contributed by atoms with van der Waals surface area (Å²) in [5.74, 6) is 1.84. The van der Waals surface area contributed by atoms with Gasteiger partial charge in [0.2, 0.25) is 5.95 Å². The van der Waals surface area contributed by atoms with Crippen molar-refractivity contribution in [3.8, 4) is 6.07 Å². The third kappa shape index (κ3) is 5.14. The first-order valence-electron chi connectivity index (χ1n) is 11.6. The molecule has 0 saturated carbocycles. The number of nitrogens with zero attached hydrogens (tertiary/aromatic N) is 7. The van der Waals surface area contributed by atoms with Crippen LogP contribution in [0.15, 0.2) is 18.5 Å². The van der Waals surface area contributed by atoms with Crippen molar-refractivity contribution < 1.29 is 0 Å². The van der Waals surface area contributed by atoms with Gasteiger partial charge in [-0.15, -0.1) is 5.10 Å². The van der Waals surface area contributed by atoms with Gasteiger partial charge in [0.1, 0.15) is 5.82 Å². The second-order valence-electron chi connectivity index (χ2n) is 8.76. The van der Waals surface area contributed by atoms with Gasteiger partial charge in [0, 0.05) is 44.3 Å². The lowest BCUT2D eigenvalue weighted by Crippen LogP contribution is -2.51. The van der Waals surface area contributed by atoms with Gasteiger partial charge in [-0.05, 0) is 31.4 Å². The van der Waals surface area contributed by atoms with Gasteiger partial charge in [0.05, 0.1) is 24.4 Å². The number of anilines is 3. The molecule has 4 rings (SSSR count). The molecule has 0 aromatic carbocycles. The maximum Gasteiger partial charge on any atom is 0.243 e. The molecule has 4 heterocycles. The van der Waals surface area contributed by atoms with E-state index < -0.39 is 0 Å². The number of nitriles is 1. The Balaban J connectivity index is 1.54. The molecule has 4 N–H and O–H groups in total. The molecule has 3 aromatic heterocycles. The molecule has 0 spiro atoms. The summed E-state index contributed by atoms with van der Waals surface area (Å²) < 4.78 is 1.77. The Morgan fingerprint density at radius 1 is 1.36 bits per heavy atom. The van der Waals surface area contributed by atoms with Crippen molar-refractivity contribution in [2.24, 2.45) is 0 Å². The van der Waals surface area contributed by atoms with Crippen LogP contribution in [0.2, 0.25) is 0 Å². The van der Waals surface area contributed by atoms with Gasteiger partial charge in [-0.1, -0.05) is 19.4 Å². The second kappa shape index (κ2) is 10.0. The van der Waals surface area contributed by atoms with Crippen LogP contribution in [0.4, 0.5) is 17.6 Å². The average Bonchev–Trinajstić information content (AvgIpc) is 3.17. The zero-order chi connectivity index (χ0) is 23.4. The van der Waals surface area contributed by atoms with Crippen molar-refractivity contribution in [3.05, 3.63) is 35.3 Å². The standard InChI is InChI=1S/C23H32N10/c1-4-5-16(3)29-23-30-20(25)22-28-13-19(33(22)31-23)11-17-10-15(2)21(27-12-17)32-9-8-26-18(14-32)6-7-24/h10,12-13,16,18,26H,4-6,8-9,11,14H2,1-3H3,(H3,25,29,30,31). The molecule has 0 amide bonds. The molecule has 174 valence electrons. The Morgan fingerprint density at radius 3 is 2.97 bits per heavy atom. The van der Waals surface area contributed by atoms with Gasteiger partial charge in [-0.25, -0.2) is 14.5 Å². The molecule has 0 aliphatic carbocycles. The van der Waals surface area contributed by atoms with Crippen molar-refractivity contribution in [2.45, 2.75) is 58.5 Å². The number of fused-ring (bicyclic) bond motifs is 1. The largest absolute Gasteiger partial charge is 0.380 e. The maximum absolute atomic E-state index is 9.01. The lowest BCUT2D eigenvalue weighted by molar-refractivity contribution is 0.460. The minimum absolute atomic E-state index is 0.177. The van der Waals surface area contributed by atoms with E-state index in [0.29, 0.717) is 30.3 Å². The van der Waals surface area contributed by atoms with Gasteiger partial charge in [0.25, 0.3) is 0 Å². The number of piperazine rings is 1. The van der Waals surface area contributed by atoms with Gasteiger partial charge >= 0.3 is 0 Å². The maximum atomic E-state index is 9.01. The molecule has 3 aromatic rings.